The van der Waals surface area contributed by atoms with E-state index in [1.165, 1.54) is 31.2 Å². The summed E-state index contributed by atoms with van der Waals surface area (Å²) in [4.78, 5) is 27.1. The molecular formula is C38H38N6O. The van der Waals surface area contributed by atoms with Gasteiger partial charge >= 0.3 is 0 Å². The van der Waals surface area contributed by atoms with Crippen molar-refractivity contribution in [3.05, 3.63) is 113 Å². The summed E-state index contributed by atoms with van der Waals surface area (Å²) in [5.74, 6) is 0.620. The second kappa shape index (κ2) is 11.0. The van der Waals surface area contributed by atoms with Crippen LogP contribution in [0.25, 0.3) is 10.9 Å². The van der Waals surface area contributed by atoms with Crippen LogP contribution in [0.15, 0.2) is 85.2 Å². The zero-order valence-electron chi connectivity index (χ0n) is 26.0. The van der Waals surface area contributed by atoms with E-state index in [4.69, 9.17) is 4.98 Å². The number of carbonyl (C=O) groups is 1. The normalized spacial score (nSPS) is 20.9. The number of aryl methyl sites for hydroxylation is 2. The van der Waals surface area contributed by atoms with Crippen LogP contribution in [0, 0.1) is 13.8 Å². The number of nitrogens with one attached hydrogen (secondary N) is 2. The molecule has 5 heterocycles. The van der Waals surface area contributed by atoms with E-state index in [0.29, 0.717) is 24.5 Å². The number of rotatable bonds is 6. The fourth-order valence-corrected chi connectivity index (χ4v) is 7.75. The van der Waals surface area contributed by atoms with Crippen molar-refractivity contribution in [1.82, 2.24) is 14.9 Å². The summed E-state index contributed by atoms with van der Waals surface area (Å²) in [6.45, 7) is 4.65. The summed E-state index contributed by atoms with van der Waals surface area (Å²) in [5, 5.41) is 8.28. The van der Waals surface area contributed by atoms with Crippen molar-refractivity contribution in [3.63, 3.8) is 0 Å². The van der Waals surface area contributed by atoms with Gasteiger partial charge in [0.2, 0.25) is 0 Å². The van der Waals surface area contributed by atoms with E-state index in [1.54, 1.807) is 12.4 Å². The van der Waals surface area contributed by atoms with E-state index in [0.717, 1.165) is 61.7 Å². The van der Waals surface area contributed by atoms with Gasteiger partial charge in [0.05, 0.1) is 12.1 Å². The zero-order valence-corrected chi connectivity index (χ0v) is 26.0. The molecule has 2 fully saturated rings. The second-order valence-corrected chi connectivity index (χ2v) is 13.1. The topological polar surface area (TPSA) is 73.4 Å². The standard InChI is InChI=1S/C38H38N6O/c1-23-4-6-30(21-37(23)44-22-27-17-29(7-10-33(27)38(44)45)41-28-12-14-39-15-13-28)42-36-16-24(2)40-35-11-5-25(20-34(35)36)26-18-31-8-9-32(19-26)43(31)3/h4-7,10-17,20-21,26,31-32H,8-9,18-19,22H2,1-3H3,(H,39,41)(H,40,42)/t26?,31-,32+. The Morgan fingerprint density at radius 2 is 1.56 bits per heavy atom. The minimum atomic E-state index is 0.0302. The lowest BCUT2D eigenvalue weighted by molar-refractivity contribution is 0.0996. The summed E-state index contributed by atoms with van der Waals surface area (Å²) in [6.07, 6.45) is 8.63. The van der Waals surface area contributed by atoms with Crippen molar-refractivity contribution in [2.45, 2.75) is 64.1 Å². The predicted molar refractivity (Wildman–Crippen MR) is 182 cm³/mol. The van der Waals surface area contributed by atoms with Gasteiger partial charge in [-0.05, 0) is 130 Å². The molecule has 0 spiro atoms. The van der Waals surface area contributed by atoms with Crippen molar-refractivity contribution < 1.29 is 4.79 Å². The number of pyridine rings is 2. The lowest BCUT2D eigenvalue weighted by Crippen LogP contribution is -2.39. The number of anilines is 5. The van der Waals surface area contributed by atoms with Gasteiger partial charge < -0.3 is 20.4 Å². The van der Waals surface area contributed by atoms with Gasteiger partial charge in [-0.15, -0.1) is 0 Å². The SMILES string of the molecule is Cc1cc(Nc2ccc(C)c(N3Cc4cc(Nc5ccncc5)ccc4C3=O)c2)c2cc(C3C[C@H]4CC[C@@H](C3)N4C)ccc2n1. The average molecular weight is 595 g/mol. The van der Waals surface area contributed by atoms with Gasteiger partial charge in [-0.25, -0.2) is 0 Å². The lowest BCUT2D eigenvalue weighted by Gasteiger charge is -2.36. The summed E-state index contributed by atoms with van der Waals surface area (Å²) in [5.41, 5.74) is 11.1. The van der Waals surface area contributed by atoms with Gasteiger partial charge in [0.25, 0.3) is 5.91 Å². The molecule has 2 bridgehead atoms. The number of piperidine rings is 1. The van der Waals surface area contributed by atoms with Gasteiger partial charge in [0.1, 0.15) is 0 Å². The Balaban J connectivity index is 1.07. The molecule has 3 atom stereocenters. The highest BCUT2D eigenvalue weighted by Gasteiger charge is 2.39. The van der Waals surface area contributed by atoms with E-state index in [-0.39, 0.29) is 5.91 Å². The molecule has 2 saturated heterocycles. The first-order chi connectivity index (χ1) is 21.9. The molecule has 45 heavy (non-hydrogen) atoms. The second-order valence-electron chi connectivity index (χ2n) is 13.1. The third-order valence-electron chi connectivity index (χ3n) is 10.2. The van der Waals surface area contributed by atoms with Gasteiger partial charge in [-0.3, -0.25) is 14.8 Å². The first-order valence-electron chi connectivity index (χ1n) is 16.0. The zero-order chi connectivity index (χ0) is 30.7. The molecule has 226 valence electrons. The van der Waals surface area contributed by atoms with E-state index in [9.17, 15) is 4.79 Å². The number of hydrogen-bond acceptors (Lipinski definition) is 6. The predicted octanol–water partition coefficient (Wildman–Crippen LogP) is 8.23. The van der Waals surface area contributed by atoms with Gasteiger partial charge in [-0.2, -0.15) is 0 Å². The fraction of sp³-hybridized carbons (Fsp3) is 0.289. The minimum Gasteiger partial charge on any atom is -0.355 e. The van der Waals surface area contributed by atoms with Crippen LogP contribution in [0.1, 0.15) is 64.3 Å². The summed E-state index contributed by atoms with van der Waals surface area (Å²) in [7, 11) is 2.30. The molecule has 3 aromatic carbocycles. The Morgan fingerprint density at radius 1 is 0.800 bits per heavy atom. The van der Waals surface area contributed by atoms with Gasteiger partial charge in [0.15, 0.2) is 0 Å². The maximum atomic E-state index is 13.6. The van der Waals surface area contributed by atoms with Crippen molar-refractivity contribution >= 4 is 45.2 Å². The summed E-state index contributed by atoms with van der Waals surface area (Å²) in [6, 6.07) is 26.5. The van der Waals surface area contributed by atoms with Crippen LogP contribution >= 0.6 is 0 Å². The number of benzene rings is 3. The van der Waals surface area contributed by atoms with Crippen LogP contribution in [0.2, 0.25) is 0 Å². The molecule has 2 N–H and O–H groups in total. The molecule has 3 aliphatic rings. The largest absolute Gasteiger partial charge is 0.355 e. The van der Waals surface area contributed by atoms with Crippen LogP contribution in [0.4, 0.5) is 28.4 Å². The molecule has 1 unspecified atom stereocenters. The molecule has 5 aromatic rings. The van der Waals surface area contributed by atoms with Crippen LogP contribution in [-0.2, 0) is 6.54 Å². The van der Waals surface area contributed by atoms with Gasteiger partial charge in [0, 0.05) is 69.6 Å². The van der Waals surface area contributed by atoms with Crippen molar-refractivity contribution in [1.29, 1.82) is 0 Å². The monoisotopic (exact) mass is 594 g/mol. The third-order valence-corrected chi connectivity index (χ3v) is 10.2. The van der Waals surface area contributed by atoms with Crippen LogP contribution in [0.5, 0.6) is 0 Å². The van der Waals surface area contributed by atoms with E-state index in [2.05, 4.69) is 83.0 Å². The Bertz CT molecular complexity index is 1920. The third kappa shape index (κ3) is 5.11. The number of amides is 1. The number of fused-ring (bicyclic) bond motifs is 4. The Morgan fingerprint density at radius 3 is 2.36 bits per heavy atom. The van der Waals surface area contributed by atoms with Crippen LogP contribution < -0.4 is 15.5 Å². The molecule has 1 amide bonds. The molecule has 0 radical (unpaired) electrons. The van der Waals surface area contributed by atoms with E-state index in [1.807, 2.05) is 36.1 Å². The molecule has 0 saturated carbocycles. The first kappa shape index (κ1) is 27.8. The molecule has 8 rings (SSSR count). The Labute approximate surface area is 264 Å². The van der Waals surface area contributed by atoms with E-state index < -0.39 is 0 Å². The highest BCUT2D eigenvalue weighted by Crippen LogP contribution is 2.43. The molecular weight excluding hydrogens is 556 g/mol. The average Bonchev–Trinajstić information content (AvgIpc) is 3.44. The number of aromatic nitrogens is 2. The molecule has 2 aromatic heterocycles. The lowest BCUT2D eigenvalue weighted by atomic mass is 9.84. The van der Waals surface area contributed by atoms with Crippen molar-refractivity contribution in [2.75, 3.05) is 22.6 Å². The highest BCUT2D eigenvalue weighted by atomic mass is 16.2. The summed E-state index contributed by atoms with van der Waals surface area (Å²) < 4.78 is 0. The molecule has 7 nitrogen and oxygen atoms in total. The first-order valence-corrected chi connectivity index (χ1v) is 16.0. The number of nitrogens with zero attached hydrogens (tertiary/aromatic N) is 4. The minimum absolute atomic E-state index is 0.0302. The Kier molecular flexibility index (Phi) is 6.79. The molecule has 7 heteroatoms. The van der Waals surface area contributed by atoms with Crippen molar-refractivity contribution in [3.8, 4) is 0 Å². The summed E-state index contributed by atoms with van der Waals surface area (Å²) >= 11 is 0. The number of carbonyl (C=O) groups excluding carboxylic acids is 1. The smallest absolute Gasteiger partial charge is 0.258 e. The maximum absolute atomic E-state index is 13.6. The van der Waals surface area contributed by atoms with Crippen molar-refractivity contribution in [2.24, 2.45) is 0 Å². The van der Waals surface area contributed by atoms with Crippen LogP contribution in [0.3, 0.4) is 0 Å². The molecule has 0 aliphatic carbocycles. The quantitative estimate of drug-likeness (QED) is 0.206. The number of hydrogen-bond donors (Lipinski definition) is 2. The van der Waals surface area contributed by atoms with E-state index >= 15 is 0 Å². The maximum Gasteiger partial charge on any atom is 0.258 e. The van der Waals surface area contributed by atoms with Crippen LogP contribution in [-0.4, -0.2) is 39.9 Å². The Hall–Kier alpha value is -4.75. The highest BCUT2D eigenvalue weighted by molar-refractivity contribution is 6.11. The van der Waals surface area contributed by atoms with Gasteiger partial charge in [-0.1, -0.05) is 12.1 Å². The fourth-order valence-electron chi connectivity index (χ4n) is 7.75. The molecule has 3 aliphatic heterocycles.